The topological polar surface area (TPSA) is 71.9 Å². The Kier molecular flexibility index (Phi) is 6.07. The molecule has 7 nitrogen and oxygen atoms in total. The van der Waals surface area contributed by atoms with Crippen molar-refractivity contribution in [3.63, 3.8) is 0 Å². The highest BCUT2D eigenvalue weighted by Crippen LogP contribution is 2.61. The predicted molar refractivity (Wildman–Crippen MR) is 144 cm³/mol. The van der Waals surface area contributed by atoms with Gasteiger partial charge in [0.25, 0.3) is 0 Å². The Balaban J connectivity index is 1.12. The molecule has 1 spiro atoms. The number of piperidine rings is 2. The maximum absolute atomic E-state index is 13.4. The number of carbonyl (C=O) groups excluding carboxylic acids is 1. The predicted octanol–water partition coefficient (Wildman–Crippen LogP) is 4.14. The first-order valence-corrected chi connectivity index (χ1v) is 14.0. The zero-order valence-corrected chi connectivity index (χ0v) is 22.4. The summed E-state index contributed by atoms with van der Waals surface area (Å²) in [6.45, 7) is 3.13. The molecular formula is C27H34IN5O2. The van der Waals surface area contributed by atoms with Crippen LogP contribution in [0.15, 0.2) is 40.7 Å². The van der Waals surface area contributed by atoms with Crippen molar-refractivity contribution in [2.24, 2.45) is 17.3 Å². The van der Waals surface area contributed by atoms with Crippen LogP contribution in [0.5, 0.6) is 0 Å². The molecule has 2 saturated heterocycles. The number of amidine groups is 1. The largest absolute Gasteiger partial charge is 0.380 e. The van der Waals surface area contributed by atoms with E-state index in [-0.39, 0.29) is 23.3 Å². The number of hydrogen-bond donors (Lipinski definition) is 2. The highest BCUT2D eigenvalue weighted by atomic mass is 127. The van der Waals surface area contributed by atoms with Crippen LogP contribution in [0, 0.1) is 22.7 Å². The summed E-state index contributed by atoms with van der Waals surface area (Å²) in [5.74, 6) is 1.34. The SMILES string of the molecule is COC1C(C2c3ccccc3C3=CNCN32)CC12CCN(C(=O)C1CCC(=N)N(/C=C/I)C1)CC2. The van der Waals surface area contributed by atoms with Crippen LogP contribution < -0.4 is 5.32 Å². The summed E-state index contributed by atoms with van der Waals surface area (Å²) < 4.78 is 8.14. The Morgan fingerprint density at radius 1 is 1.29 bits per heavy atom. The van der Waals surface area contributed by atoms with E-state index in [1.54, 1.807) is 0 Å². The Hall–Kier alpha value is -2.07. The Morgan fingerprint density at radius 2 is 2.09 bits per heavy atom. The lowest BCUT2D eigenvalue weighted by atomic mass is 9.52. The number of carbonyl (C=O) groups is 1. The molecule has 1 aromatic rings. The summed E-state index contributed by atoms with van der Waals surface area (Å²) in [6, 6.07) is 9.18. The number of nitrogens with zero attached hydrogens (tertiary/aromatic N) is 3. The van der Waals surface area contributed by atoms with E-state index in [1.165, 1.54) is 16.8 Å². The van der Waals surface area contributed by atoms with E-state index in [0.717, 1.165) is 45.4 Å². The van der Waals surface area contributed by atoms with Crippen molar-refractivity contribution in [1.29, 1.82) is 5.41 Å². The number of nitrogens with one attached hydrogen (secondary N) is 2. The zero-order valence-electron chi connectivity index (χ0n) is 20.3. The van der Waals surface area contributed by atoms with E-state index in [4.69, 9.17) is 10.1 Å². The van der Waals surface area contributed by atoms with Crippen molar-refractivity contribution in [2.75, 3.05) is 33.4 Å². The number of hydrogen-bond acceptors (Lipinski definition) is 5. The maximum atomic E-state index is 13.4. The van der Waals surface area contributed by atoms with Gasteiger partial charge in [-0.3, -0.25) is 10.2 Å². The number of likely N-dealkylation sites (tertiary alicyclic amines) is 2. The summed E-state index contributed by atoms with van der Waals surface area (Å²) in [6.07, 6.45) is 8.95. The van der Waals surface area contributed by atoms with Crippen LogP contribution >= 0.6 is 22.6 Å². The molecule has 0 bridgehead atoms. The lowest BCUT2D eigenvalue weighted by molar-refractivity contribution is -0.184. The van der Waals surface area contributed by atoms with Crippen LogP contribution in [0.25, 0.3) is 5.70 Å². The molecule has 3 fully saturated rings. The van der Waals surface area contributed by atoms with E-state index in [9.17, 15) is 4.79 Å². The minimum Gasteiger partial charge on any atom is -0.380 e. The molecule has 8 heteroatoms. The molecule has 5 aliphatic rings. The van der Waals surface area contributed by atoms with Crippen molar-refractivity contribution in [3.05, 3.63) is 51.9 Å². The van der Waals surface area contributed by atoms with Gasteiger partial charge in [-0.1, -0.05) is 46.9 Å². The van der Waals surface area contributed by atoms with Crippen LogP contribution in [0.1, 0.15) is 49.3 Å². The van der Waals surface area contributed by atoms with Gasteiger partial charge >= 0.3 is 0 Å². The normalized spacial score (nSPS) is 31.3. The fourth-order valence-corrected chi connectivity index (χ4v) is 7.82. The minimum atomic E-state index is -0.0130. The molecule has 186 valence electrons. The summed E-state index contributed by atoms with van der Waals surface area (Å²) in [7, 11) is 1.88. The van der Waals surface area contributed by atoms with Crippen molar-refractivity contribution in [1.82, 2.24) is 20.0 Å². The molecule has 1 saturated carbocycles. The molecule has 1 amide bonds. The molecule has 4 unspecified atom stereocenters. The lowest BCUT2D eigenvalue weighted by Gasteiger charge is -2.60. The van der Waals surface area contributed by atoms with Crippen molar-refractivity contribution in [3.8, 4) is 0 Å². The average Bonchev–Trinajstić information content (AvgIpc) is 3.46. The summed E-state index contributed by atoms with van der Waals surface area (Å²) in [4.78, 5) is 19.9. The summed E-state index contributed by atoms with van der Waals surface area (Å²) in [5.41, 5.74) is 4.28. The quantitative estimate of drug-likeness (QED) is 0.519. The van der Waals surface area contributed by atoms with Gasteiger partial charge < -0.3 is 24.8 Å². The third-order valence-electron chi connectivity index (χ3n) is 9.14. The smallest absolute Gasteiger partial charge is 0.227 e. The van der Waals surface area contributed by atoms with Gasteiger partial charge in [0.15, 0.2) is 0 Å². The van der Waals surface area contributed by atoms with E-state index >= 15 is 0 Å². The molecule has 0 radical (unpaired) electrons. The van der Waals surface area contributed by atoms with Gasteiger partial charge in [0.05, 0.1) is 36.3 Å². The molecule has 4 heterocycles. The van der Waals surface area contributed by atoms with Gasteiger partial charge in [0.2, 0.25) is 5.91 Å². The van der Waals surface area contributed by atoms with E-state index in [2.05, 4.69) is 68.2 Å². The Labute approximate surface area is 221 Å². The summed E-state index contributed by atoms with van der Waals surface area (Å²) >= 11 is 2.18. The first kappa shape index (κ1) is 23.3. The first-order chi connectivity index (χ1) is 17.1. The number of benzene rings is 1. The minimum absolute atomic E-state index is 0.0130. The van der Waals surface area contributed by atoms with Crippen molar-refractivity contribution >= 4 is 40.0 Å². The molecule has 6 rings (SSSR count). The summed E-state index contributed by atoms with van der Waals surface area (Å²) in [5, 5.41) is 11.6. The molecule has 1 aromatic carbocycles. The third kappa shape index (κ3) is 3.70. The standard InChI is InChI=1S/C27H34IN5O2/c1-35-25-21(24-20-5-3-2-4-19(20)22-15-30-17-33(22)24)14-27(25)8-11-31(12-9-27)26(34)18-6-7-23(29)32(16-18)13-10-28/h2-5,10,13,15,18,21,24-25,29-30H,6-9,11-12,14,16-17H2,1H3/b13-10+,29-23?. The fourth-order valence-electron chi connectivity index (χ4n) is 7.43. The second kappa shape index (κ2) is 9.10. The number of rotatable bonds is 4. The lowest BCUT2D eigenvalue weighted by Crippen LogP contribution is -2.61. The third-order valence-corrected chi connectivity index (χ3v) is 9.47. The Morgan fingerprint density at radius 3 is 2.86 bits per heavy atom. The molecule has 35 heavy (non-hydrogen) atoms. The highest BCUT2D eigenvalue weighted by Gasteiger charge is 2.60. The van der Waals surface area contributed by atoms with Crippen LogP contribution in [0.2, 0.25) is 0 Å². The van der Waals surface area contributed by atoms with Crippen LogP contribution in [-0.2, 0) is 9.53 Å². The molecule has 2 N–H and O–H groups in total. The number of halogens is 1. The van der Waals surface area contributed by atoms with Crippen LogP contribution in [-0.4, -0.2) is 66.0 Å². The first-order valence-electron chi connectivity index (χ1n) is 12.8. The van der Waals surface area contributed by atoms with Crippen LogP contribution in [0.4, 0.5) is 0 Å². The fraction of sp³-hybridized carbons (Fsp3) is 0.556. The van der Waals surface area contributed by atoms with Gasteiger partial charge in [-0.15, -0.1) is 0 Å². The second-order valence-corrected chi connectivity index (χ2v) is 11.4. The maximum Gasteiger partial charge on any atom is 0.227 e. The molecule has 4 atom stereocenters. The van der Waals surface area contributed by atoms with Crippen molar-refractivity contribution < 1.29 is 9.53 Å². The Bertz CT molecular complexity index is 1080. The zero-order chi connectivity index (χ0) is 24.2. The van der Waals surface area contributed by atoms with Gasteiger partial charge in [0.1, 0.15) is 0 Å². The van der Waals surface area contributed by atoms with E-state index in [1.807, 2.05) is 22.3 Å². The molecule has 1 aliphatic carbocycles. The highest BCUT2D eigenvalue weighted by molar-refractivity contribution is 14.1. The average molecular weight is 588 g/mol. The van der Waals surface area contributed by atoms with Gasteiger partial charge in [-0.05, 0) is 35.3 Å². The van der Waals surface area contributed by atoms with Gasteiger partial charge in [0, 0.05) is 62.5 Å². The number of amides is 1. The van der Waals surface area contributed by atoms with Gasteiger partial charge in [-0.25, -0.2) is 0 Å². The van der Waals surface area contributed by atoms with Gasteiger partial charge in [-0.2, -0.15) is 0 Å². The van der Waals surface area contributed by atoms with E-state index in [0.29, 0.717) is 30.8 Å². The van der Waals surface area contributed by atoms with Crippen LogP contribution in [0.3, 0.4) is 0 Å². The molecular weight excluding hydrogens is 553 g/mol. The monoisotopic (exact) mass is 587 g/mol. The molecule has 0 aromatic heterocycles. The van der Waals surface area contributed by atoms with Crippen molar-refractivity contribution in [2.45, 2.75) is 44.2 Å². The molecule has 4 aliphatic heterocycles. The number of fused-ring (bicyclic) bond motifs is 3. The van der Waals surface area contributed by atoms with E-state index < -0.39 is 0 Å². The second-order valence-electron chi connectivity index (χ2n) is 10.7. The number of ether oxygens (including phenoxy) is 1. The number of methoxy groups -OCH3 is 1.